The number of hydrogen-bond donors (Lipinski definition) is 0. The van der Waals surface area contributed by atoms with Crippen molar-refractivity contribution in [3.05, 3.63) is 55.6 Å². The van der Waals surface area contributed by atoms with Crippen LogP contribution in [-0.4, -0.2) is 86.3 Å². The highest BCUT2D eigenvalue weighted by molar-refractivity contribution is 5.77. The molecule has 2 aliphatic heterocycles. The summed E-state index contributed by atoms with van der Waals surface area (Å²) in [6.07, 6.45) is 6.79. The number of nitrogens with zero attached hydrogens (tertiary/aromatic N) is 4. The van der Waals surface area contributed by atoms with E-state index in [0.29, 0.717) is 55.1 Å². The molecule has 15 heteroatoms. The fraction of sp³-hybridized carbons (Fsp3) is 0.588. The molecule has 0 N–H and O–H groups in total. The zero-order valence-corrected chi connectivity index (χ0v) is 28.6. The van der Waals surface area contributed by atoms with Gasteiger partial charge in [-0.2, -0.15) is 0 Å². The highest BCUT2D eigenvalue weighted by atomic mass is 16.6. The summed E-state index contributed by atoms with van der Waals surface area (Å²) in [7, 11) is 5.71. The molecule has 2 fully saturated rings. The van der Waals surface area contributed by atoms with Gasteiger partial charge in [0.05, 0.1) is 56.0 Å². The molecule has 2 aromatic carbocycles. The van der Waals surface area contributed by atoms with E-state index >= 15 is 0 Å². The molecule has 0 radical (unpaired) electrons. The van der Waals surface area contributed by atoms with Crippen molar-refractivity contribution < 1.29 is 43.1 Å². The summed E-state index contributed by atoms with van der Waals surface area (Å²) in [6.45, 7) is 2.27. The van der Waals surface area contributed by atoms with Crippen LogP contribution in [0.5, 0.6) is 23.0 Å². The monoisotopic (exact) mass is 686 g/mol. The minimum absolute atomic E-state index is 0.00484. The molecule has 0 saturated carbocycles. The number of nitro groups is 2. The molecule has 2 heterocycles. The highest BCUT2D eigenvalue weighted by Gasteiger charge is 2.28. The van der Waals surface area contributed by atoms with Crippen LogP contribution in [0.2, 0.25) is 0 Å². The van der Waals surface area contributed by atoms with Crippen molar-refractivity contribution in [2.24, 2.45) is 11.8 Å². The van der Waals surface area contributed by atoms with Gasteiger partial charge in [-0.1, -0.05) is 19.3 Å². The van der Waals surface area contributed by atoms with E-state index in [1.54, 1.807) is 11.0 Å². The van der Waals surface area contributed by atoms with Gasteiger partial charge in [-0.3, -0.25) is 25.0 Å². The Balaban J connectivity index is 1.14. The number of amides is 2. The number of carbonyl (C=O) groups is 2. The third-order valence-electron chi connectivity index (χ3n) is 9.59. The number of nitro benzene ring substituents is 2. The Kier molecular flexibility index (Phi) is 13.2. The van der Waals surface area contributed by atoms with Gasteiger partial charge in [0, 0.05) is 38.2 Å². The Labute approximate surface area is 285 Å². The lowest BCUT2D eigenvalue weighted by Gasteiger charge is -2.33. The van der Waals surface area contributed by atoms with Crippen LogP contribution in [0.25, 0.3) is 0 Å². The van der Waals surface area contributed by atoms with Gasteiger partial charge in [0.1, 0.15) is 6.61 Å². The van der Waals surface area contributed by atoms with Crippen LogP contribution in [0, 0.1) is 32.1 Å². The predicted molar refractivity (Wildman–Crippen MR) is 178 cm³/mol. The molecule has 2 aromatic rings. The molecule has 2 saturated heterocycles. The van der Waals surface area contributed by atoms with Crippen LogP contribution < -0.4 is 18.9 Å². The molecule has 0 unspecified atom stereocenters. The maximum absolute atomic E-state index is 13.0. The lowest BCUT2D eigenvalue weighted by molar-refractivity contribution is -0.386. The maximum atomic E-state index is 13.0. The summed E-state index contributed by atoms with van der Waals surface area (Å²) in [5, 5.41) is 23.1. The van der Waals surface area contributed by atoms with Gasteiger partial charge in [0.15, 0.2) is 23.0 Å². The molecule has 2 aliphatic rings. The normalized spacial score (nSPS) is 15.4. The van der Waals surface area contributed by atoms with Crippen molar-refractivity contribution in [3.8, 4) is 23.0 Å². The van der Waals surface area contributed by atoms with Gasteiger partial charge in [-0.25, -0.2) is 4.79 Å². The number of ether oxygens (including phenoxy) is 5. The zero-order valence-electron chi connectivity index (χ0n) is 28.6. The molecule has 0 aliphatic carbocycles. The largest absolute Gasteiger partial charge is 0.493 e. The van der Waals surface area contributed by atoms with Crippen molar-refractivity contribution in [3.63, 3.8) is 0 Å². The van der Waals surface area contributed by atoms with Crippen molar-refractivity contribution >= 4 is 23.4 Å². The molecule has 0 atom stereocenters. The standard InChI is InChI=1S/C34H46N4O11/c1-45-29-18-25(27(37(41)42)20-31(29)47-3)8-9-33(39)35-14-10-23(11-15-35)6-5-7-24-12-16-36(17-13-24)34(40)49-22-26-19-30(46-2)32(48-4)21-28(26)38(43)44/h18-21,23-24H,5-17,22H2,1-4H3. The zero-order chi connectivity index (χ0) is 35.5. The minimum Gasteiger partial charge on any atom is -0.493 e. The SMILES string of the molecule is COc1cc(CCC(=O)N2CCC(CCCC3CCN(C(=O)OCc4cc(OC)c(OC)cc4[N+](=O)[O-])CC3)CC2)c([N+](=O)[O-])cc1OC. The summed E-state index contributed by atoms with van der Waals surface area (Å²) >= 11 is 0. The number of benzene rings is 2. The van der Waals surface area contributed by atoms with Crippen molar-refractivity contribution in [1.82, 2.24) is 9.80 Å². The van der Waals surface area contributed by atoms with Crippen molar-refractivity contribution in [2.75, 3.05) is 54.6 Å². The van der Waals surface area contributed by atoms with Gasteiger partial charge < -0.3 is 33.5 Å². The molecule has 0 bridgehead atoms. The fourth-order valence-corrected chi connectivity index (χ4v) is 6.68. The summed E-state index contributed by atoms with van der Waals surface area (Å²) in [6, 6.07) is 5.62. The maximum Gasteiger partial charge on any atom is 0.410 e. The summed E-state index contributed by atoms with van der Waals surface area (Å²) in [5.41, 5.74) is 0.367. The average molecular weight is 687 g/mol. The van der Waals surface area contributed by atoms with Gasteiger partial charge in [0.2, 0.25) is 5.91 Å². The van der Waals surface area contributed by atoms with Crippen LogP contribution in [-0.2, 0) is 22.6 Å². The van der Waals surface area contributed by atoms with Gasteiger partial charge >= 0.3 is 6.09 Å². The third-order valence-corrected chi connectivity index (χ3v) is 9.59. The number of carbonyl (C=O) groups excluding carboxylic acids is 2. The Bertz CT molecular complexity index is 1380. The van der Waals surface area contributed by atoms with Crippen LogP contribution in [0.15, 0.2) is 24.3 Å². The molecule has 268 valence electrons. The number of rotatable bonds is 15. The van der Waals surface area contributed by atoms with E-state index in [9.17, 15) is 29.8 Å². The first-order valence-electron chi connectivity index (χ1n) is 16.6. The van der Waals surface area contributed by atoms with Gasteiger partial charge in [-0.15, -0.1) is 0 Å². The molecular weight excluding hydrogens is 640 g/mol. The van der Waals surface area contributed by atoms with Crippen LogP contribution in [0.3, 0.4) is 0 Å². The molecule has 15 nitrogen and oxygen atoms in total. The number of piperidine rings is 2. The number of methoxy groups -OCH3 is 4. The Hall–Kier alpha value is -4.82. The lowest BCUT2D eigenvalue weighted by Crippen LogP contribution is -2.39. The lowest BCUT2D eigenvalue weighted by atomic mass is 9.87. The molecular formula is C34H46N4O11. The summed E-state index contributed by atoms with van der Waals surface area (Å²) in [4.78, 5) is 51.4. The van der Waals surface area contributed by atoms with Crippen LogP contribution in [0.1, 0.15) is 62.5 Å². The van der Waals surface area contributed by atoms with E-state index in [0.717, 1.165) is 44.9 Å². The molecule has 2 amide bonds. The second-order valence-corrected chi connectivity index (χ2v) is 12.4. The first-order chi connectivity index (χ1) is 23.6. The third kappa shape index (κ3) is 9.63. The van der Waals surface area contributed by atoms with E-state index in [1.807, 2.05) is 4.90 Å². The summed E-state index contributed by atoms with van der Waals surface area (Å²) < 4.78 is 26.3. The molecule has 49 heavy (non-hydrogen) atoms. The van der Waals surface area contributed by atoms with Crippen molar-refractivity contribution in [1.29, 1.82) is 0 Å². The van der Waals surface area contributed by atoms with E-state index in [-0.39, 0.29) is 53.8 Å². The second-order valence-electron chi connectivity index (χ2n) is 12.4. The number of likely N-dealkylation sites (tertiary alicyclic amines) is 2. The van der Waals surface area contributed by atoms with Crippen LogP contribution in [0.4, 0.5) is 16.2 Å². The average Bonchev–Trinajstić information content (AvgIpc) is 3.12. The number of hydrogen-bond acceptors (Lipinski definition) is 11. The fourth-order valence-electron chi connectivity index (χ4n) is 6.68. The Morgan fingerprint density at radius 3 is 1.59 bits per heavy atom. The van der Waals surface area contributed by atoms with E-state index < -0.39 is 15.9 Å². The van der Waals surface area contributed by atoms with E-state index in [1.165, 1.54) is 46.6 Å². The van der Waals surface area contributed by atoms with Gasteiger partial charge in [0.25, 0.3) is 11.4 Å². The molecule has 4 rings (SSSR count). The highest BCUT2D eigenvalue weighted by Crippen LogP contribution is 2.36. The number of aryl methyl sites for hydroxylation is 1. The van der Waals surface area contributed by atoms with E-state index in [4.69, 9.17) is 23.7 Å². The second kappa shape index (κ2) is 17.5. The molecule has 0 spiro atoms. The smallest absolute Gasteiger partial charge is 0.410 e. The first-order valence-corrected chi connectivity index (χ1v) is 16.6. The summed E-state index contributed by atoms with van der Waals surface area (Å²) in [5.74, 6) is 2.26. The topological polar surface area (TPSA) is 173 Å². The quantitative estimate of drug-likeness (QED) is 0.161. The minimum atomic E-state index is -0.542. The first kappa shape index (κ1) is 37.0. The molecule has 0 aromatic heterocycles. The van der Waals surface area contributed by atoms with Crippen LogP contribution >= 0.6 is 0 Å². The predicted octanol–water partition coefficient (Wildman–Crippen LogP) is 5.93. The van der Waals surface area contributed by atoms with Crippen molar-refractivity contribution in [2.45, 2.75) is 64.4 Å². The van der Waals surface area contributed by atoms with Gasteiger partial charge in [-0.05, 0) is 56.1 Å². The Morgan fingerprint density at radius 2 is 1.12 bits per heavy atom. The Morgan fingerprint density at radius 1 is 0.694 bits per heavy atom. The van der Waals surface area contributed by atoms with E-state index in [2.05, 4.69) is 0 Å².